The lowest BCUT2D eigenvalue weighted by atomic mass is 9.64. The lowest BCUT2D eigenvalue weighted by molar-refractivity contribution is -0.142. The van der Waals surface area contributed by atoms with Gasteiger partial charge < -0.3 is 10.2 Å². The van der Waals surface area contributed by atoms with Gasteiger partial charge in [0.2, 0.25) is 11.8 Å². The van der Waals surface area contributed by atoms with E-state index in [1.807, 2.05) is 4.90 Å². The van der Waals surface area contributed by atoms with Gasteiger partial charge in [0.05, 0.1) is 6.54 Å². The SMILES string of the molecule is CC(CC1(C)CCC1)C(C)C(=O)N(CC(=O)Nc1ccncn1)CC1(C)CCC(c2ccccc2)(N(C)C)CC1. The van der Waals surface area contributed by atoms with Gasteiger partial charge in [-0.05, 0) is 87.4 Å². The number of nitrogens with zero attached hydrogens (tertiary/aromatic N) is 4. The molecule has 7 heteroatoms. The van der Waals surface area contributed by atoms with Gasteiger partial charge >= 0.3 is 0 Å². The largest absolute Gasteiger partial charge is 0.333 e. The topological polar surface area (TPSA) is 78.4 Å². The molecular formula is C33H49N5O2. The summed E-state index contributed by atoms with van der Waals surface area (Å²) in [4.78, 5) is 39.5. The first-order chi connectivity index (χ1) is 19.0. The molecule has 2 amide bonds. The van der Waals surface area contributed by atoms with Crippen molar-refractivity contribution < 1.29 is 9.59 Å². The Morgan fingerprint density at radius 2 is 1.62 bits per heavy atom. The molecule has 1 aromatic carbocycles. The number of benzene rings is 1. The highest BCUT2D eigenvalue weighted by Gasteiger charge is 2.45. The maximum Gasteiger partial charge on any atom is 0.245 e. The lowest BCUT2D eigenvalue weighted by Crippen LogP contribution is -2.51. The van der Waals surface area contributed by atoms with Crippen LogP contribution >= 0.6 is 0 Å². The summed E-state index contributed by atoms with van der Waals surface area (Å²) in [7, 11) is 4.35. The van der Waals surface area contributed by atoms with Crippen molar-refractivity contribution in [3.63, 3.8) is 0 Å². The van der Waals surface area contributed by atoms with Gasteiger partial charge in [-0.1, -0.05) is 64.4 Å². The third-order valence-electron chi connectivity index (χ3n) is 10.1. The van der Waals surface area contributed by atoms with E-state index in [-0.39, 0.29) is 41.1 Å². The second-order valence-electron chi connectivity index (χ2n) is 13.6. The van der Waals surface area contributed by atoms with Crippen LogP contribution in [0.5, 0.6) is 0 Å². The fourth-order valence-electron chi connectivity index (χ4n) is 7.03. The number of amides is 2. The van der Waals surface area contributed by atoms with Crippen LogP contribution in [-0.4, -0.2) is 58.8 Å². The standard InChI is InChI=1S/C33H49N5O2/c1-25(21-31(3)14-10-15-31)26(2)30(40)38(22-29(39)36-28-13-20-34-24-35-28)23-32(4)16-18-33(19-17-32,37(5)6)27-11-8-7-9-12-27/h7-9,11-13,20,24-26H,10,14-19,21-23H2,1-6H3,(H,34,35,36,39). The maximum atomic E-state index is 14.0. The molecule has 0 radical (unpaired) electrons. The third kappa shape index (κ3) is 6.91. The minimum atomic E-state index is -0.218. The molecule has 2 atom stereocenters. The maximum absolute atomic E-state index is 14.0. The molecule has 0 saturated heterocycles. The van der Waals surface area contributed by atoms with Crippen molar-refractivity contribution in [2.75, 3.05) is 32.5 Å². The first-order valence-corrected chi connectivity index (χ1v) is 15.0. The second-order valence-corrected chi connectivity index (χ2v) is 13.6. The summed E-state index contributed by atoms with van der Waals surface area (Å²) in [6, 6.07) is 12.5. The van der Waals surface area contributed by atoms with Crippen molar-refractivity contribution in [1.82, 2.24) is 19.8 Å². The van der Waals surface area contributed by atoms with Crippen LogP contribution < -0.4 is 5.32 Å². The van der Waals surface area contributed by atoms with E-state index < -0.39 is 0 Å². The summed E-state index contributed by atoms with van der Waals surface area (Å²) < 4.78 is 0. The highest BCUT2D eigenvalue weighted by atomic mass is 16.2. The van der Waals surface area contributed by atoms with E-state index in [9.17, 15) is 9.59 Å². The number of rotatable bonds is 11. The number of hydrogen-bond donors (Lipinski definition) is 1. The van der Waals surface area contributed by atoms with Crippen molar-refractivity contribution in [3.05, 3.63) is 54.5 Å². The van der Waals surface area contributed by atoms with Gasteiger partial charge in [0, 0.05) is 24.2 Å². The van der Waals surface area contributed by atoms with Crippen LogP contribution in [0.25, 0.3) is 0 Å². The van der Waals surface area contributed by atoms with Gasteiger partial charge in [0.15, 0.2) is 0 Å². The van der Waals surface area contributed by atoms with Gasteiger partial charge in [-0.2, -0.15) is 0 Å². The molecule has 218 valence electrons. The second kappa shape index (κ2) is 12.4. The van der Waals surface area contributed by atoms with Crippen LogP contribution in [0.1, 0.15) is 84.6 Å². The predicted molar refractivity (Wildman–Crippen MR) is 161 cm³/mol. The Morgan fingerprint density at radius 3 is 2.17 bits per heavy atom. The average Bonchev–Trinajstić information content (AvgIpc) is 2.92. The van der Waals surface area contributed by atoms with Crippen LogP contribution in [-0.2, 0) is 15.1 Å². The van der Waals surface area contributed by atoms with E-state index >= 15 is 0 Å². The molecule has 2 aromatic rings. The van der Waals surface area contributed by atoms with Gasteiger partial charge in [0.1, 0.15) is 12.1 Å². The van der Waals surface area contributed by atoms with E-state index in [1.54, 1.807) is 12.3 Å². The fourth-order valence-corrected chi connectivity index (χ4v) is 7.03. The number of hydrogen-bond acceptors (Lipinski definition) is 5. The van der Waals surface area contributed by atoms with Gasteiger partial charge in [-0.25, -0.2) is 9.97 Å². The molecule has 40 heavy (non-hydrogen) atoms. The number of aromatic nitrogens is 2. The minimum absolute atomic E-state index is 0.0139. The Bertz CT molecular complexity index is 1120. The highest BCUT2D eigenvalue weighted by molar-refractivity contribution is 5.94. The summed E-state index contributed by atoms with van der Waals surface area (Å²) in [5.74, 6) is 0.450. The lowest BCUT2D eigenvalue weighted by Gasteiger charge is -2.50. The van der Waals surface area contributed by atoms with Crippen molar-refractivity contribution in [2.45, 2.75) is 84.6 Å². The summed E-state index contributed by atoms with van der Waals surface area (Å²) >= 11 is 0. The molecule has 0 aliphatic heterocycles. The van der Waals surface area contributed by atoms with Gasteiger partial charge in [-0.15, -0.1) is 0 Å². The normalized spacial score (nSPS) is 25.5. The van der Waals surface area contributed by atoms with Crippen LogP contribution in [0.4, 0.5) is 5.82 Å². The van der Waals surface area contributed by atoms with Crippen molar-refractivity contribution in [3.8, 4) is 0 Å². The van der Waals surface area contributed by atoms with E-state index in [2.05, 4.69) is 92.3 Å². The predicted octanol–water partition coefficient (Wildman–Crippen LogP) is 6.13. The molecule has 2 saturated carbocycles. The number of anilines is 1. The van der Waals surface area contributed by atoms with E-state index in [0.717, 1.165) is 32.1 Å². The summed E-state index contributed by atoms with van der Waals surface area (Å²) in [5.41, 5.74) is 1.62. The molecule has 7 nitrogen and oxygen atoms in total. The molecule has 0 bridgehead atoms. The van der Waals surface area contributed by atoms with Gasteiger partial charge in [-0.3, -0.25) is 14.5 Å². The third-order valence-corrected chi connectivity index (χ3v) is 10.1. The zero-order valence-electron chi connectivity index (χ0n) is 25.4. The molecule has 1 N–H and O–H groups in total. The van der Waals surface area contributed by atoms with Crippen LogP contribution in [0.2, 0.25) is 0 Å². The number of carbonyl (C=O) groups is 2. The van der Waals surface area contributed by atoms with Crippen molar-refractivity contribution >= 4 is 17.6 Å². The Labute approximate surface area is 241 Å². The summed E-state index contributed by atoms with van der Waals surface area (Å²) in [6.07, 6.45) is 11.8. The summed E-state index contributed by atoms with van der Waals surface area (Å²) in [5, 5.41) is 2.86. The molecule has 2 aliphatic rings. The molecule has 1 heterocycles. The first kappa shape index (κ1) is 30.2. The monoisotopic (exact) mass is 547 g/mol. The molecular weight excluding hydrogens is 498 g/mol. The van der Waals surface area contributed by atoms with Crippen LogP contribution in [0.3, 0.4) is 0 Å². The van der Waals surface area contributed by atoms with Gasteiger partial charge in [0.25, 0.3) is 0 Å². The van der Waals surface area contributed by atoms with Crippen molar-refractivity contribution in [1.29, 1.82) is 0 Å². The molecule has 2 aliphatic carbocycles. The molecule has 1 aromatic heterocycles. The number of carbonyl (C=O) groups excluding carboxylic acids is 2. The Kier molecular flexibility index (Phi) is 9.33. The fraction of sp³-hybridized carbons (Fsp3) is 0.636. The first-order valence-electron chi connectivity index (χ1n) is 15.0. The Morgan fingerprint density at radius 1 is 0.950 bits per heavy atom. The highest BCUT2D eigenvalue weighted by Crippen LogP contribution is 2.49. The molecule has 0 spiro atoms. The van der Waals surface area contributed by atoms with E-state index in [0.29, 0.717) is 17.8 Å². The van der Waals surface area contributed by atoms with Crippen molar-refractivity contribution in [2.24, 2.45) is 22.7 Å². The van der Waals surface area contributed by atoms with E-state index in [1.165, 1.54) is 31.2 Å². The summed E-state index contributed by atoms with van der Waals surface area (Å²) in [6.45, 7) is 9.52. The molecule has 2 unspecified atom stereocenters. The van der Waals surface area contributed by atoms with Crippen LogP contribution in [0.15, 0.2) is 48.9 Å². The Hall–Kier alpha value is -2.80. The van der Waals surface area contributed by atoms with Crippen LogP contribution in [0, 0.1) is 22.7 Å². The Balaban J connectivity index is 1.50. The quantitative estimate of drug-likeness (QED) is 0.366. The molecule has 2 fully saturated rings. The molecule has 4 rings (SSSR count). The van der Waals surface area contributed by atoms with E-state index in [4.69, 9.17) is 0 Å². The minimum Gasteiger partial charge on any atom is -0.333 e. The number of nitrogens with one attached hydrogen (secondary N) is 1. The smallest absolute Gasteiger partial charge is 0.245 e. The zero-order chi connectivity index (χ0) is 29.0. The average molecular weight is 548 g/mol. The zero-order valence-corrected chi connectivity index (χ0v) is 25.4.